The SMILES string of the molecule is CC1(C)CC(NC(=O)c2ccc(C(=O)c3ccccc3)o2)CC(C)(C)N1. The number of benzene rings is 1. The van der Waals surface area contributed by atoms with Crippen LogP contribution in [0.3, 0.4) is 0 Å². The summed E-state index contributed by atoms with van der Waals surface area (Å²) in [6, 6.07) is 12.1. The van der Waals surface area contributed by atoms with Crippen molar-refractivity contribution in [2.45, 2.75) is 57.7 Å². The van der Waals surface area contributed by atoms with Crippen molar-refractivity contribution in [2.75, 3.05) is 0 Å². The molecule has 1 amide bonds. The quantitative estimate of drug-likeness (QED) is 0.824. The fourth-order valence-corrected chi connectivity index (χ4v) is 3.99. The molecule has 1 aliphatic rings. The molecule has 0 spiro atoms. The summed E-state index contributed by atoms with van der Waals surface area (Å²) in [4.78, 5) is 25.0. The maximum absolute atomic E-state index is 12.6. The Morgan fingerprint density at radius 1 is 0.962 bits per heavy atom. The zero-order chi connectivity index (χ0) is 18.9. The van der Waals surface area contributed by atoms with Gasteiger partial charge in [-0.25, -0.2) is 0 Å². The topological polar surface area (TPSA) is 71.3 Å². The molecule has 0 unspecified atom stereocenters. The minimum absolute atomic E-state index is 0.0483. The van der Waals surface area contributed by atoms with Crippen LogP contribution in [0.1, 0.15) is 67.2 Å². The van der Waals surface area contributed by atoms with Crippen molar-refractivity contribution in [1.29, 1.82) is 0 Å². The lowest BCUT2D eigenvalue weighted by atomic mass is 9.79. The minimum atomic E-state index is -0.282. The molecule has 5 heteroatoms. The van der Waals surface area contributed by atoms with Gasteiger partial charge in [0.1, 0.15) is 0 Å². The number of hydrogen-bond acceptors (Lipinski definition) is 4. The normalized spacial score (nSPS) is 19.1. The second-order valence-corrected chi connectivity index (χ2v) is 8.33. The third-order valence-corrected chi connectivity index (χ3v) is 4.61. The number of carbonyl (C=O) groups is 2. The molecule has 1 aliphatic heterocycles. The summed E-state index contributed by atoms with van der Waals surface area (Å²) in [5, 5.41) is 6.65. The van der Waals surface area contributed by atoms with E-state index in [1.807, 2.05) is 6.07 Å². The van der Waals surface area contributed by atoms with E-state index in [-0.39, 0.29) is 40.3 Å². The highest BCUT2D eigenvalue weighted by Gasteiger charge is 2.38. The molecule has 1 aromatic heterocycles. The Morgan fingerprint density at radius 3 is 2.15 bits per heavy atom. The van der Waals surface area contributed by atoms with Crippen molar-refractivity contribution in [3.8, 4) is 0 Å². The van der Waals surface area contributed by atoms with Crippen LogP contribution in [0.5, 0.6) is 0 Å². The molecule has 0 saturated carbocycles. The van der Waals surface area contributed by atoms with Gasteiger partial charge in [0.25, 0.3) is 5.91 Å². The number of amides is 1. The maximum atomic E-state index is 12.6. The molecule has 1 aromatic carbocycles. The van der Waals surface area contributed by atoms with Gasteiger partial charge in [0.2, 0.25) is 5.78 Å². The first kappa shape index (κ1) is 18.4. The Balaban J connectivity index is 1.70. The fraction of sp³-hybridized carbons (Fsp3) is 0.429. The van der Waals surface area contributed by atoms with Gasteiger partial charge in [-0.05, 0) is 52.7 Å². The largest absolute Gasteiger partial charge is 0.447 e. The zero-order valence-electron chi connectivity index (χ0n) is 15.8. The van der Waals surface area contributed by atoms with E-state index in [1.54, 1.807) is 36.4 Å². The van der Waals surface area contributed by atoms with Crippen molar-refractivity contribution in [1.82, 2.24) is 10.6 Å². The van der Waals surface area contributed by atoms with Crippen molar-refractivity contribution < 1.29 is 14.0 Å². The summed E-state index contributed by atoms with van der Waals surface area (Å²) in [6.45, 7) is 8.54. The van der Waals surface area contributed by atoms with E-state index < -0.39 is 0 Å². The molecule has 138 valence electrons. The van der Waals surface area contributed by atoms with E-state index in [0.29, 0.717) is 5.56 Å². The summed E-state index contributed by atoms with van der Waals surface area (Å²) >= 11 is 0. The second-order valence-electron chi connectivity index (χ2n) is 8.33. The maximum Gasteiger partial charge on any atom is 0.287 e. The van der Waals surface area contributed by atoms with Crippen LogP contribution in [0.15, 0.2) is 46.9 Å². The smallest absolute Gasteiger partial charge is 0.287 e. The van der Waals surface area contributed by atoms with Crippen LogP contribution in [0.25, 0.3) is 0 Å². The molecule has 5 nitrogen and oxygen atoms in total. The van der Waals surface area contributed by atoms with E-state index >= 15 is 0 Å². The van der Waals surface area contributed by atoms with Crippen molar-refractivity contribution in [3.63, 3.8) is 0 Å². The van der Waals surface area contributed by atoms with Gasteiger partial charge < -0.3 is 15.1 Å². The van der Waals surface area contributed by atoms with Crippen LogP contribution in [0.4, 0.5) is 0 Å². The van der Waals surface area contributed by atoms with Crippen LogP contribution >= 0.6 is 0 Å². The van der Waals surface area contributed by atoms with Gasteiger partial charge in [-0.1, -0.05) is 30.3 Å². The van der Waals surface area contributed by atoms with E-state index in [4.69, 9.17) is 4.42 Å². The Labute approximate surface area is 154 Å². The molecule has 2 aromatic rings. The Kier molecular flexibility index (Phi) is 4.76. The summed E-state index contributed by atoms with van der Waals surface area (Å²) in [7, 11) is 0. The van der Waals surface area contributed by atoms with Crippen LogP contribution in [0.2, 0.25) is 0 Å². The molecule has 2 N–H and O–H groups in total. The van der Waals surface area contributed by atoms with E-state index in [9.17, 15) is 9.59 Å². The summed E-state index contributed by atoms with van der Waals surface area (Å²) < 4.78 is 5.53. The molecule has 2 heterocycles. The molecular formula is C21H26N2O3. The van der Waals surface area contributed by atoms with Gasteiger partial charge in [0.05, 0.1) is 0 Å². The Bertz CT molecular complexity index is 790. The summed E-state index contributed by atoms with van der Waals surface area (Å²) in [5.41, 5.74) is 0.421. The third kappa shape index (κ3) is 4.22. The van der Waals surface area contributed by atoms with Gasteiger partial charge >= 0.3 is 0 Å². The number of carbonyl (C=O) groups excluding carboxylic acids is 2. The third-order valence-electron chi connectivity index (χ3n) is 4.61. The highest BCUT2D eigenvalue weighted by Crippen LogP contribution is 2.28. The number of rotatable bonds is 4. The molecule has 0 radical (unpaired) electrons. The fourth-order valence-electron chi connectivity index (χ4n) is 3.99. The lowest BCUT2D eigenvalue weighted by molar-refractivity contribution is 0.0843. The first-order valence-electron chi connectivity index (χ1n) is 8.95. The van der Waals surface area contributed by atoms with Crippen molar-refractivity contribution in [3.05, 3.63) is 59.5 Å². The zero-order valence-corrected chi connectivity index (χ0v) is 15.8. The summed E-state index contributed by atoms with van der Waals surface area (Å²) in [6.07, 6.45) is 1.66. The minimum Gasteiger partial charge on any atom is -0.447 e. The first-order valence-corrected chi connectivity index (χ1v) is 8.95. The highest BCUT2D eigenvalue weighted by molar-refractivity contribution is 6.07. The van der Waals surface area contributed by atoms with Gasteiger partial charge in [-0.3, -0.25) is 9.59 Å². The molecule has 0 atom stereocenters. The van der Waals surface area contributed by atoms with Crippen LogP contribution in [0, 0.1) is 0 Å². The summed E-state index contributed by atoms with van der Waals surface area (Å²) in [5.74, 6) is -0.171. The number of furan rings is 1. The molecular weight excluding hydrogens is 328 g/mol. The Morgan fingerprint density at radius 2 is 1.54 bits per heavy atom. The first-order chi connectivity index (χ1) is 12.2. The number of hydrogen-bond donors (Lipinski definition) is 2. The van der Waals surface area contributed by atoms with Crippen molar-refractivity contribution >= 4 is 11.7 Å². The van der Waals surface area contributed by atoms with Crippen LogP contribution in [-0.4, -0.2) is 28.8 Å². The van der Waals surface area contributed by atoms with Gasteiger partial charge in [-0.15, -0.1) is 0 Å². The molecule has 1 saturated heterocycles. The standard InChI is InChI=1S/C21H26N2O3/c1-20(2)12-15(13-21(3,4)23-20)22-19(25)17-11-10-16(26-17)18(24)14-8-6-5-7-9-14/h5-11,15,23H,12-13H2,1-4H3,(H,22,25). The van der Waals surface area contributed by atoms with E-state index in [2.05, 4.69) is 38.3 Å². The molecule has 0 aliphatic carbocycles. The molecule has 26 heavy (non-hydrogen) atoms. The van der Waals surface area contributed by atoms with Gasteiger partial charge in [0, 0.05) is 22.7 Å². The lowest BCUT2D eigenvalue weighted by Gasteiger charge is -2.46. The molecule has 3 rings (SSSR count). The molecule has 0 bridgehead atoms. The number of ketones is 1. The average Bonchev–Trinajstić information content (AvgIpc) is 3.02. The lowest BCUT2D eigenvalue weighted by Crippen LogP contribution is -2.62. The van der Waals surface area contributed by atoms with Crippen LogP contribution < -0.4 is 10.6 Å². The van der Waals surface area contributed by atoms with E-state index in [1.165, 1.54) is 0 Å². The number of nitrogens with one attached hydrogen (secondary N) is 2. The van der Waals surface area contributed by atoms with Gasteiger partial charge in [0.15, 0.2) is 11.5 Å². The van der Waals surface area contributed by atoms with Crippen LogP contribution in [-0.2, 0) is 0 Å². The number of piperidine rings is 1. The highest BCUT2D eigenvalue weighted by atomic mass is 16.4. The predicted octanol–water partition coefficient (Wildman–Crippen LogP) is 3.55. The predicted molar refractivity (Wildman–Crippen MR) is 100 cm³/mol. The van der Waals surface area contributed by atoms with Crippen molar-refractivity contribution in [2.24, 2.45) is 0 Å². The van der Waals surface area contributed by atoms with Gasteiger partial charge in [-0.2, -0.15) is 0 Å². The Hall–Kier alpha value is -2.40. The average molecular weight is 354 g/mol. The molecule has 1 fully saturated rings. The monoisotopic (exact) mass is 354 g/mol. The second kappa shape index (κ2) is 6.72. The van der Waals surface area contributed by atoms with E-state index in [0.717, 1.165) is 12.8 Å².